The Morgan fingerprint density at radius 3 is 2.60 bits per heavy atom. The molecule has 0 aromatic heterocycles. The van der Waals surface area contributed by atoms with Crippen LogP contribution in [0, 0.1) is 0 Å². The van der Waals surface area contributed by atoms with Gasteiger partial charge in [0, 0.05) is 5.88 Å². The highest BCUT2D eigenvalue weighted by Crippen LogP contribution is 2.19. The number of allylic oxidation sites excluding steroid dienone is 1. The number of hydrogen-bond donors (Lipinski definition) is 0. The lowest BCUT2D eigenvalue weighted by Gasteiger charge is -1.99. The Labute approximate surface area is 93.6 Å². The van der Waals surface area contributed by atoms with Gasteiger partial charge in [0.25, 0.3) is 0 Å². The first kappa shape index (κ1) is 12.2. The number of alkyl halides is 1. The summed E-state index contributed by atoms with van der Waals surface area (Å²) in [5.74, 6) is 0.445. The predicted molar refractivity (Wildman–Crippen MR) is 59.1 cm³/mol. The summed E-state index contributed by atoms with van der Waals surface area (Å²) in [4.78, 5) is -0.309. The summed E-state index contributed by atoms with van der Waals surface area (Å²) in [6.45, 7) is 0. The van der Waals surface area contributed by atoms with Crippen molar-refractivity contribution in [2.24, 2.45) is 0 Å². The number of hydrogen-bond acceptors (Lipinski definition) is 2. The molecule has 0 atom stereocenters. The van der Waals surface area contributed by atoms with E-state index >= 15 is 0 Å². The van der Waals surface area contributed by atoms with Crippen LogP contribution in [-0.4, -0.2) is 14.3 Å². The minimum Gasteiger partial charge on any atom is -0.189 e. The third kappa shape index (κ3) is 3.64. The van der Waals surface area contributed by atoms with Gasteiger partial charge in [0.1, 0.15) is 4.90 Å². The molecule has 5 heteroatoms. The summed E-state index contributed by atoms with van der Waals surface area (Å²) in [6.07, 6.45) is 3.87. The lowest BCUT2D eigenvalue weighted by atomic mass is 10.2. The van der Waals surface area contributed by atoms with Crippen molar-refractivity contribution in [1.29, 1.82) is 0 Å². The van der Waals surface area contributed by atoms with Gasteiger partial charge in [-0.1, -0.05) is 30.4 Å². The summed E-state index contributed by atoms with van der Waals surface area (Å²) in [5.41, 5.74) is 0.338. The smallest absolute Gasteiger partial charge is 0.189 e. The SMILES string of the molecule is O=S(=O)(F)c1ccccc1C=CCCCl. The number of benzene rings is 1. The normalized spacial score (nSPS) is 12.1. The first-order valence-corrected chi connectivity index (χ1v) is 6.23. The molecule has 0 heterocycles. The van der Waals surface area contributed by atoms with Crippen molar-refractivity contribution in [2.75, 3.05) is 5.88 Å². The summed E-state index contributed by atoms with van der Waals surface area (Å²) in [5, 5.41) is 0. The molecule has 0 N–H and O–H groups in total. The number of rotatable bonds is 4. The van der Waals surface area contributed by atoms with Crippen LogP contribution in [0.5, 0.6) is 0 Å². The summed E-state index contributed by atoms with van der Waals surface area (Å²) in [6, 6.07) is 5.90. The zero-order valence-corrected chi connectivity index (χ0v) is 9.43. The van der Waals surface area contributed by atoms with Gasteiger partial charge in [0.05, 0.1) is 0 Å². The van der Waals surface area contributed by atoms with E-state index in [-0.39, 0.29) is 4.90 Å². The van der Waals surface area contributed by atoms with Crippen molar-refractivity contribution in [3.05, 3.63) is 35.9 Å². The molecule has 82 valence electrons. The van der Waals surface area contributed by atoms with Gasteiger partial charge in [-0.3, -0.25) is 0 Å². The molecule has 0 unspecified atom stereocenters. The molecule has 1 aromatic carbocycles. The molecule has 0 saturated heterocycles. The molecular weight excluding hydrogens is 239 g/mol. The van der Waals surface area contributed by atoms with Crippen LogP contribution in [0.15, 0.2) is 35.2 Å². The first-order chi connectivity index (χ1) is 7.05. The van der Waals surface area contributed by atoms with Crippen LogP contribution in [0.3, 0.4) is 0 Å². The van der Waals surface area contributed by atoms with Gasteiger partial charge in [-0.15, -0.1) is 15.5 Å². The highest BCUT2D eigenvalue weighted by atomic mass is 35.5. The Morgan fingerprint density at radius 2 is 2.00 bits per heavy atom. The minimum atomic E-state index is -4.65. The largest absolute Gasteiger partial charge is 0.332 e. The Hall–Kier alpha value is -0.870. The maximum absolute atomic E-state index is 12.8. The fraction of sp³-hybridized carbons (Fsp3) is 0.200. The van der Waals surface area contributed by atoms with Crippen molar-refractivity contribution < 1.29 is 12.3 Å². The quantitative estimate of drug-likeness (QED) is 0.606. The molecule has 1 aromatic rings. The number of halogens is 2. The molecule has 0 spiro atoms. The first-order valence-electron chi connectivity index (χ1n) is 4.32. The fourth-order valence-electron chi connectivity index (χ4n) is 1.11. The van der Waals surface area contributed by atoms with Gasteiger partial charge in [-0.25, -0.2) is 0 Å². The van der Waals surface area contributed by atoms with E-state index in [1.807, 2.05) is 0 Å². The standard InChI is InChI=1S/C10H10ClFO2S/c11-8-4-3-6-9-5-1-2-7-10(9)15(12,13)14/h1-3,5-7H,4,8H2. The Bertz CT molecular complexity index is 454. The van der Waals surface area contributed by atoms with Crippen molar-refractivity contribution in [2.45, 2.75) is 11.3 Å². The van der Waals surface area contributed by atoms with Crippen LogP contribution in [0.1, 0.15) is 12.0 Å². The molecule has 2 nitrogen and oxygen atoms in total. The molecule has 0 aliphatic carbocycles. The molecule has 0 aliphatic rings. The topological polar surface area (TPSA) is 34.1 Å². The molecule has 0 aliphatic heterocycles. The van der Waals surface area contributed by atoms with E-state index in [0.717, 1.165) is 0 Å². The predicted octanol–water partition coefficient (Wildman–Crippen LogP) is 2.99. The Balaban J connectivity index is 3.08. The highest BCUT2D eigenvalue weighted by Gasteiger charge is 2.14. The van der Waals surface area contributed by atoms with Crippen LogP contribution in [0.4, 0.5) is 3.89 Å². The van der Waals surface area contributed by atoms with E-state index in [0.29, 0.717) is 17.9 Å². The second-order valence-corrected chi connectivity index (χ2v) is 4.55. The molecule has 1 rings (SSSR count). The van der Waals surface area contributed by atoms with Gasteiger partial charge in [0.2, 0.25) is 0 Å². The van der Waals surface area contributed by atoms with E-state index in [2.05, 4.69) is 0 Å². The van der Waals surface area contributed by atoms with Gasteiger partial charge in [-0.05, 0) is 18.1 Å². The van der Waals surface area contributed by atoms with E-state index < -0.39 is 10.2 Å². The summed E-state index contributed by atoms with van der Waals surface area (Å²) in [7, 11) is -4.65. The third-order valence-corrected chi connectivity index (χ3v) is 2.87. The minimum absolute atomic E-state index is 0.309. The fourth-order valence-corrected chi connectivity index (χ4v) is 1.90. The monoisotopic (exact) mass is 248 g/mol. The van der Waals surface area contributed by atoms with Gasteiger partial charge < -0.3 is 0 Å². The zero-order chi connectivity index (χ0) is 11.3. The Kier molecular flexibility index (Phi) is 4.29. The van der Waals surface area contributed by atoms with Gasteiger partial charge in [0.15, 0.2) is 0 Å². The van der Waals surface area contributed by atoms with Crippen LogP contribution in [0.25, 0.3) is 6.08 Å². The average molecular weight is 249 g/mol. The molecular formula is C10H10ClFO2S. The summed E-state index contributed by atoms with van der Waals surface area (Å²) < 4.78 is 34.3. The molecule has 0 radical (unpaired) electrons. The van der Waals surface area contributed by atoms with E-state index in [1.54, 1.807) is 18.2 Å². The van der Waals surface area contributed by atoms with Crippen LogP contribution < -0.4 is 0 Å². The highest BCUT2D eigenvalue weighted by molar-refractivity contribution is 7.86. The molecule has 0 saturated carbocycles. The summed E-state index contributed by atoms with van der Waals surface area (Å²) >= 11 is 5.45. The van der Waals surface area contributed by atoms with Crippen LogP contribution >= 0.6 is 11.6 Å². The van der Waals surface area contributed by atoms with Crippen molar-refractivity contribution in [3.63, 3.8) is 0 Å². The van der Waals surface area contributed by atoms with E-state index in [4.69, 9.17) is 11.6 Å². The lowest BCUT2D eigenvalue weighted by molar-refractivity contribution is 0.552. The second-order valence-electron chi connectivity index (χ2n) is 2.86. The average Bonchev–Trinajstić information content (AvgIpc) is 2.17. The second kappa shape index (κ2) is 5.28. The molecule has 15 heavy (non-hydrogen) atoms. The zero-order valence-electron chi connectivity index (χ0n) is 7.86. The van der Waals surface area contributed by atoms with E-state index in [1.165, 1.54) is 18.2 Å². The van der Waals surface area contributed by atoms with Gasteiger partial charge in [-0.2, -0.15) is 8.42 Å². The molecule has 0 bridgehead atoms. The van der Waals surface area contributed by atoms with Crippen LogP contribution in [0.2, 0.25) is 0 Å². The van der Waals surface area contributed by atoms with Gasteiger partial charge >= 0.3 is 10.2 Å². The van der Waals surface area contributed by atoms with Crippen molar-refractivity contribution >= 4 is 27.9 Å². The van der Waals surface area contributed by atoms with Crippen molar-refractivity contribution in [1.82, 2.24) is 0 Å². The molecule has 0 fully saturated rings. The van der Waals surface area contributed by atoms with Crippen molar-refractivity contribution in [3.8, 4) is 0 Å². The maximum atomic E-state index is 12.8. The Morgan fingerprint density at radius 1 is 1.33 bits per heavy atom. The van der Waals surface area contributed by atoms with E-state index in [9.17, 15) is 12.3 Å². The molecule has 0 amide bonds. The maximum Gasteiger partial charge on any atom is 0.332 e. The third-order valence-electron chi connectivity index (χ3n) is 1.75. The lowest BCUT2D eigenvalue weighted by Crippen LogP contribution is -1.94. The van der Waals surface area contributed by atoms with Crippen LogP contribution in [-0.2, 0) is 10.2 Å².